The third-order valence-electron chi connectivity index (χ3n) is 4.97. The van der Waals surface area contributed by atoms with E-state index in [4.69, 9.17) is 0 Å². The van der Waals surface area contributed by atoms with Crippen LogP contribution in [-0.4, -0.2) is 12.1 Å². The molecule has 4 atom stereocenters. The van der Waals surface area contributed by atoms with Crippen molar-refractivity contribution in [1.82, 2.24) is 5.32 Å². The van der Waals surface area contributed by atoms with Crippen LogP contribution < -0.4 is 5.32 Å². The molecule has 1 N–H and O–H groups in total. The molecule has 16 heavy (non-hydrogen) atoms. The van der Waals surface area contributed by atoms with E-state index in [-0.39, 0.29) is 0 Å². The van der Waals surface area contributed by atoms with Crippen molar-refractivity contribution in [3.8, 4) is 0 Å². The van der Waals surface area contributed by atoms with Crippen molar-refractivity contribution in [2.75, 3.05) is 0 Å². The van der Waals surface area contributed by atoms with E-state index < -0.39 is 0 Å². The maximum absolute atomic E-state index is 3.95. The van der Waals surface area contributed by atoms with Crippen LogP contribution in [0.25, 0.3) is 0 Å². The second-order valence-corrected chi connectivity index (χ2v) is 6.55. The summed E-state index contributed by atoms with van der Waals surface area (Å²) < 4.78 is 0. The fraction of sp³-hybridized carbons (Fsp3) is 1.00. The van der Waals surface area contributed by atoms with Crippen molar-refractivity contribution in [2.24, 2.45) is 17.8 Å². The van der Waals surface area contributed by atoms with Gasteiger partial charge in [0, 0.05) is 12.1 Å². The van der Waals surface area contributed by atoms with Crippen molar-refractivity contribution in [3.63, 3.8) is 0 Å². The Morgan fingerprint density at radius 1 is 1.00 bits per heavy atom. The van der Waals surface area contributed by atoms with Crippen LogP contribution in [0.15, 0.2) is 0 Å². The van der Waals surface area contributed by atoms with E-state index in [9.17, 15) is 0 Å². The van der Waals surface area contributed by atoms with E-state index in [1.165, 1.54) is 44.9 Å². The summed E-state index contributed by atoms with van der Waals surface area (Å²) in [5.74, 6) is 2.77. The van der Waals surface area contributed by atoms with Gasteiger partial charge in [-0.25, -0.2) is 0 Å². The van der Waals surface area contributed by atoms with Gasteiger partial charge in [-0.1, -0.05) is 40.0 Å². The number of rotatable bonds is 3. The largest absolute Gasteiger partial charge is 0.311 e. The number of hydrogen-bond donors (Lipinski definition) is 1. The van der Waals surface area contributed by atoms with Crippen LogP contribution in [0.1, 0.15) is 65.7 Å². The fourth-order valence-corrected chi connectivity index (χ4v) is 3.68. The van der Waals surface area contributed by atoms with Crippen molar-refractivity contribution >= 4 is 0 Å². The van der Waals surface area contributed by atoms with Gasteiger partial charge in [-0.05, 0) is 43.4 Å². The fourth-order valence-electron chi connectivity index (χ4n) is 3.68. The first-order valence-corrected chi connectivity index (χ1v) is 7.43. The minimum Gasteiger partial charge on any atom is -0.311 e. The zero-order valence-corrected chi connectivity index (χ0v) is 11.3. The summed E-state index contributed by atoms with van der Waals surface area (Å²) >= 11 is 0. The van der Waals surface area contributed by atoms with Gasteiger partial charge in [-0.3, -0.25) is 0 Å². The highest BCUT2D eigenvalue weighted by Crippen LogP contribution is 2.32. The Hall–Kier alpha value is -0.0400. The standard InChI is InChI=1S/C15H29N/c1-11(2)13-7-5-8-14(10-13)16-15-9-4-6-12(15)3/h11-16H,4-10H2,1-3H3. The first-order chi connectivity index (χ1) is 7.66. The second-order valence-electron chi connectivity index (χ2n) is 6.55. The molecule has 2 aliphatic rings. The Bertz CT molecular complexity index is 211. The summed E-state index contributed by atoms with van der Waals surface area (Å²) in [7, 11) is 0. The lowest BCUT2D eigenvalue weighted by atomic mass is 9.79. The lowest BCUT2D eigenvalue weighted by Gasteiger charge is -2.34. The Labute approximate surface area is 101 Å². The van der Waals surface area contributed by atoms with Crippen molar-refractivity contribution < 1.29 is 0 Å². The van der Waals surface area contributed by atoms with Gasteiger partial charge < -0.3 is 5.32 Å². The lowest BCUT2D eigenvalue weighted by molar-refractivity contribution is 0.213. The zero-order valence-electron chi connectivity index (χ0n) is 11.3. The molecule has 0 aromatic carbocycles. The van der Waals surface area contributed by atoms with Crippen molar-refractivity contribution in [2.45, 2.75) is 77.8 Å². The van der Waals surface area contributed by atoms with Crippen LogP contribution >= 0.6 is 0 Å². The SMILES string of the molecule is CC(C)C1CCCC(NC2CCCC2C)C1. The molecule has 0 spiro atoms. The van der Waals surface area contributed by atoms with Crippen molar-refractivity contribution in [3.05, 3.63) is 0 Å². The minimum atomic E-state index is 0.826. The summed E-state index contributed by atoms with van der Waals surface area (Å²) in [5.41, 5.74) is 0. The summed E-state index contributed by atoms with van der Waals surface area (Å²) in [6.07, 6.45) is 10.1. The van der Waals surface area contributed by atoms with Crippen LogP contribution in [0.4, 0.5) is 0 Å². The third kappa shape index (κ3) is 3.00. The first-order valence-electron chi connectivity index (χ1n) is 7.43. The molecule has 4 unspecified atom stereocenters. The van der Waals surface area contributed by atoms with Gasteiger partial charge in [-0.15, -0.1) is 0 Å². The van der Waals surface area contributed by atoms with Gasteiger partial charge in [0.05, 0.1) is 0 Å². The summed E-state index contributed by atoms with van der Waals surface area (Å²) in [4.78, 5) is 0. The molecule has 0 aromatic rings. The van der Waals surface area contributed by atoms with Crippen LogP contribution in [0, 0.1) is 17.8 Å². The van der Waals surface area contributed by atoms with Gasteiger partial charge >= 0.3 is 0 Å². The first kappa shape index (κ1) is 12.4. The quantitative estimate of drug-likeness (QED) is 0.763. The molecule has 1 heteroatoms. The molecule has 0 amide bonds. The smallest absolute Gasteiger partial charge is 0.00952 e. The molecule has 2 fully saturated rings. The Morgan fingerprint density at radius 2 is 1.75 bits per heavy atom. The van der Waals surface area contributed by atoms with Crippen LogP contribution in [0.3, 0.4) is 0 Å². The summed E-state index contributed by atoms with van der Waals surface area (Å²) in [6.45, 7) is 7.21. The van der Waals surface area contributed by atoms with Gasteiger partial charge in [0.2, 0.25) is 0 Å². The molecule has 2 saturated carbocycles. The zero-order chi connectivity index (χ0) is 11.5. The number of hydrogen-bond acceptors (Lipinski definition) is 1. The lowest BCUT2D eigenvalue weighted by Crippen LogP contribution is -2.42. The Balaban J connectivity index is 1.80. The normalized spacial score (nSPS) is 40.5. The average Bonchev–Trinajstić information content (AvgIpc) is 2.65. The second kappa shape index (κ2) is 5.53. The predicted molar refractivity (Wildman–Crippen MR) is 70.5 cm³/mol. The van der Waals surface area contributed by atoms with Gasteiger partial charge in [-0.2, -0.15) is 0 Å². The highest BCUT2D eigenvalue weighted by Gasteiger charge is 2.29. The molecule has 0 aromatic heterocycles. The molecule has 2 aliphatic carbocycles. The molecule has 94 valence electrons. The highest BCUT2D eigenvalue weighted by molar-refractivity contribution is 4.86. The van der Waals surface area contributed by atoms with Crippen LogP contribution in [-0.2, 0) is 0 Å². The topological polar surface area (TPSA) is 12.0 Å². The molecule has 0 radical (unpaired) electrons. The van der Waals surface area contributed by atoms with Gasteiger partial charge in [0.15, 0.2) is 0 Å². The molecular weight excluding hydrogens is 194 g/mol. The summed E-state index contributed by atoms with van der Waals surface area (Å²) in [6, 6.07) is 1.66. The van der Waals surface area contributed by atoms with E-state index in [1.54, 1.807) is 0 Å². The highest BCUT2D eigenvalue weighted by atomic mass is 15.0. The maximum Gasteiger partial charge on any atom is 0.00952 e. The minimum absolute atomic E-state index is 0.826. The molecule has 0 saturated heterocycles. The van der Waals surface area contributed by atoms with Crippen LogP contribution in [0.2, 0.25) is 0 Å². The molecule has 1 nitrogen and oxygen atoms in total. The molecular formula is C15H29N. The Kier molecular flexibility index (Phi) is 4.29. The average molecular weight is 223 g/mol. The van der Waals surface area contributed by atoms with E-state index in [2.05, 4.69) is 26.1 Å². The van der Waals surface area contributed by atoms with Crippen LogP contribution in [0.5, 0.6) is 0 Å². The maximum atomic E-state index is 3.95. The van der Waals surface area contributed by atoms with E-state index in [1.807, 2.05) is 0 Å². The van der Waals surface area contributed by atoms with E-state index in [0.717, 1.165) is 29.8 Å². The summed E-state index contributed by atoms with van der Waals surface area (Å²) in [5, 5.41) is 3.95. The van der Waals surface area contributed by atoms with Crippen molar-refractivity contribution in [1.29, 1.82) is 0 Å². The van der Waals surface area contributed by atoms with E-state index in [0.29, 0.717) is 0 Å². The number of nitrogens with one attached hydrogen (secondary N) is 1. The molecule has 2 rings (SSSR count). The van der Waals surface area contributed by atoms with E-state index >= 15 is 0 Å². The van der Waals surface area contributed by atoms with Gasteiger partial charge in [0.1, 0.15) is 0 Å². The third-order valence-corrected chi connectivity index (χ3v) is 4.97. The monoisotopic (exact) mass is 223 g/mol. The molecule has 0 bridgehead atoms. The van der Waals surface area contributed by atoms with Gasteiger partial charge in [0.25, 0.3) is 0 Å². The Morgan fingerprint density at radius 3 is 2.38 bits per heavy atom. The molecule has 0 heterocycles. The molecule has 0 aliphatic heterocycles. The predicted octanol–water partition coefficient (Wildman–Crippen LogP) is 3.98.